The predicted molar refractivity (Wildman–Crippen MR) is 105 cm³/mol. The van der Waals surface area contributed by atoms with Crippen molar-refractivity contribution in [2.75, 3.05) is 5.75 Å². The van der Waals surface area contributed by atoms with Crippen molar-refractivity contribution in [2.45, 2.75) is 32.1 Å². The van der Waals surface area contributed by atoms with Gasteiger partial charge in [-0.05, 0) is 44.0 Å². The number of thioether (sulfide) groups is 1. The molecule has 0 spiro atoms. The van der Waals surface area contributed by atoms with Crippen LogP contribution in [0.3, 0.4) is 0 Å². The Kier molecular flexibility index (Phi) is 5.43. The average molecular weight is 353 g/mol. The highest BCUT2D eigenvalue weighted by Gasteiger charge is 2.15. The number of carbonyl (C=O) groups excluding carboxylic acids is 1. The van der Waals surface area contributed by atoms with Crippen molar-refractivity contribution in [2.24, 2.45) is 0 Å². The summed E-state index contributed by atoms with van der Waals surface area (Å²) in [5.74, 6) is 1.36. The number of nitrogens with one attached hydrogen (secondary N) is 2. The Bertz CT molecular complexity index is 841. The van der Waals surface area contributed by atoms with E-state index in [1.54, 1.807) is 11.8 Å². The Hall–Kier alpha value is -2.27. The van der Waals surface area contributed by atoms with E-state index in [1.807, 2.05) is 43.3 Å². The monoisotopic (exact) mass is 353 g/mol. The maximum absolute atomic E-state index is 12.3. The van der Waals surface area contributed by atoms with Crippen LogP contribution in [0.25, 0.3) is 11.0 Å². The van der Waals surface area contributed by atoms with Crippen LogP contribution >= 0.6 is 11.8 Å². The minimum Gasteiger partial charge on any atom is -0.349 e. The van der Waals surface area contributed by atoms with Crippen LogP contribution in [0.1, 0.15) is 42.1 Å². The molecule has 0 fully saturated rings. The summed E-state index contributed by atoms with van der Waals surface area (Å²) in [5.41, 5.74) is 4.34. The van der Waals surface area contributed by atoms with Crippen LogP contribution in [-0.2, 0) is 4.79 Å². The first-order valence-corrected chi connectivity index (χ1v) is 9.50. The second-order valence-corrected chi connectivity index (χ2v) is 7.57. The molecular weight excluding hydrogens is 330 g/mol. The summed E-state index contributed by atoms with van der Waals surface area (Å²) in [5, 5.41) is 3.21. The fourth-order valence-corrected chi connectivity index (χ4v) is 3.63. The van der Waals surface area contributed by atoms with Crippen molar-refractivity contribution < 1.29 is 4.79 Å². The topological polar surface area (TPSA) is 57.8 Å². The van der Waals surface area contributed by atoms with Crippen molar-refractivity contribution in [1.29, 1.82) is 0 Å². The van der Waals surface area contributed by atoms with E-state index in [-0.39, 0.29) is 17.2 Å². The molecule has 0 aliphatic heterocycles. The third-order valence-corrected chi connectivity index (χ3v) is 5.44. The largest absolute Gasteiger partial charge is 0.349 e. The van der Waals surface area contributed by atoms with Crippen molar-refractivity contribution >= 4 is 28.7 Å². The number of fused-ring (bicyclic) bond motifs is 1. The van der Waals surface area contributed by atoms with E-state index in [1.165, 1.54) is 5.56 Å². The van der Waals surface area contributed by atoms with Gasteiger partial charge in [-0.25, -0.2) is 4.98 Å². The van der Waals surface area contributed by atoms with Crippen LogP contribution in [0, 0.1) is 6.92 Å². The molecule has 0 saturated carbocycles. The molecule has 4 nitrogen and oxygen atoms in total. The van der Waals surface area contributed by atoms with Gasteiger partial charge in [-0.3, -0.25) is 4.79 Å². The smallest absolute Gasteiger partial charge is 0.230 e. The number of benzene rings is 2. The minimum atomic E-state index is 0.0100. The SMILES string of the molecule is Cc1ccccc1[C@H](C)NC(=O)CS[C@H](C)c1nc2ccccc2[nH]1. The number of H-pyrrole nitrogens is 1. The molecule has 0 radical (unpaired) electrons. The summed E-state index contributed by atoms with van der Waals surface area (Å²) >= 11 is 1.59. The molecule has 0 aliphatic rings. The van der Waals surface area contributed by atoms with Gasteiger partial charge in [0, 0.05) is 0 Å². The van der Waals surface area contributed by atoms with Gasteiger partial charge in [0.2, 0.25) is 5.91 Å². The summed E-state index contributed by atoms with van der Waals surface area (Å²) in [6.45, 7) is 6.16. The number of rotatable bonds is 6. The van der Waals surface area contributed by atoms with Gasteiger partial charge in [-0.2, -0.15) is 0 Å². The number of aromatic nitrogens is 2. The predicted octanol–water partition coefficient (Wildman–Crippen LogP) is 4.54. The fraction of sp³-hybridized carbons (Fsp3) is 0.300. The van der Waals surface area contributed by atoms with E-state index < -0.39 is 0 Å². The van der Waals surface area contributed by atoms with Crippen molar-refractivity contribution in [3.05, 3.63) is 65.5 Å². The molecule has 130 valence electrons. The van der Waals surface area contributed by atoms with Gasteiger partial charge in [-0.1, -0.05) is 36.4 Å². The molecule has 1 heterocycles. The van der Waals surface area contributed by atoms with Crippen LogP contribution in [0.15, 0.2) is 48.5 Å². The van der Waals surface area contributed by atoms with Gasteiger partial charge in [0.1, 0.15) is 5.82 Å². The molecule has 0 saturated heterocycles. The molecule has 5 heteroatoms. The number of amides is 1. The second-order valence-electron chi connectivity index (χ2n) is 6.24. The quantitative estimate of drug-likeness (QED) is 0.684. The fourth-order valence-electron chi connectivity index (χ4n) is 2.88. The normalized spacial score (nSPS) is 13.6. The van der Waals surface area contributed by atoms with Crippen LogP contribution < -0.4 is 5.32 Å². The Morgan fingerprint density at radius 2 is 1.88 bits per heavy atom. The third kappa shape index (κ3) is 4.23. The number of carbonyl (C=O) groups is 1. The van der Waals surface area contributed by atoms with Gasteiger partial charge < -0.3 is 10.3 Å². The number of hydrogen-bond donors (Lipinski definition) is 2. The first kappa shape index (κ1) is 17.5. The van der Waals surface area contributed by atoms with E-state index >= 15 is 0 Å². The first-order valence-electron chi connectivity index (χ1n) is 8.45. The summed E-state index contributed by atoms with van der Waals surface area (Å²) in [4.78, 5) is 20.2. The lowest BCUT2D eigenvalue weighted by atomic mass is 10.0. The van der Waals surface area contributed by atoms with E-state index in [9.17, 15) is 4.79 Å². The third-order valence-electron chi connectivity index (χ3n) is 4.29. The van der Waals surface area contributed by atoms with E-state index in [2.05, 4.69) is 41.3 Å². The molecule has 25 heavy (non-hydrogen) atoms. The summed E-state index contributed by atoms with van der Waals surface area (Å²) in [6.07, 6.45) is 0. The van der Waals surface area contributed by atoms with Gasteiger partial charge in [0.25, 0.3) is 0 Å². The molecule has 3 aromatic rings. The first-order chi connectivity index (χ1) is 12.0. The second kappa shape index (κ2) is 7.74. The number of nitrogens with zero attached hydrogens (tertiary/aromatic N) is 1. The standard InChI is InChI=1S/C20H23N3OS/c1-13-8-4-5-9-16(13)14(2)21-19(24)12-25-15(3)20-22-17-10-6-7-11-18(17)23-20/h4-11,14-15H,12H2,1-3H3,(H,21,24)(H,22,23)/t14-,15+/m0/s1. The molecular formula is C20H23N3OS. The van der Waals surface area contributed by atoms with Crippen molar-refractivity contribution in [3.63, 3.8) is 0 Å². The molecule has 0 aliphatic carbocycles. The highest BCUT2D eigenvalue weighted by atomic mass is 32.2. The number of aryl methyl sites for hydroxylation is 1. The Balaban J connectivity index is 1.55. The molecule has 2 aromatic carbocycles. The van der Waals surface area contributed by atoms with E-state index in [4.69, 9.17) is 0 Å². The summed E-state index contributed by atoms with van der Waals surface area (Å²) < 4.78 is 0. The molecule has 2 atom stereocenters. The lowest BCUT2D eigenvalue weighted by Crippen LogP contribution is -2.28. The Morgan fingerprint density at radius 1 is 1.16 bits per heavy atom. The van der Waals surface area contributed by atoms with Crippen molar-refractivity contribution in [3.8, 4) is 0 Å². The zero-order valence-electron chi connectivity index (χ0n) is 14.7. The van der Waals surface area contributed by atoms with Gasteiger partial charge >= 0.3 is 0 Å². The molecule has 0 bridgehead atoms. The lowest BCUT2D eigenvalue weighted by molar-refractivity contribution is -0.119. The van der Waals surface area contributed by atoms with Gasteiger partial charge in [0.15, 0.2) is 0 Å². The molecule has 3 rings (SSSR count). The highest BCUT2D eigenvalue weighted by Crippen LogP contribution is 2.27. The number of imidazole rings is 1. The van der Waals surface area contributed by atoms with Crippen molar-refractivity contribution in [1.82, 2.24) is 15.3 Å². The zero-order valence-corrected chi connectivity index (χ0v) is 15.6. The van der Waals surface area contributed by atoms with Gasteiger partial charge in [0.05, 0.1) is 28.1 Å². The summed E-state index contributed by atoms with van der Waals surface area (Å²) in [7, 11) is 0. The maximum atomic E-state index is 12.3. The number of hydrogen-bond acceptors (Lipinski definition) is 3. The molecule has 0 unspecified atom stereocenters. The molecule has 1 aromatic heterocycles. The maximum Gasteiger partial charge on any atom is 0.230 e. The van der Waals surface area contributed by atoms with E-state index in [0.717, 1.165) is 22.4 Å². The highest BCUT2D eigenvalue weighted by molar-refractivity contribution is 8.00. The van der Waals surface area contributed by atoms with Crippen LogP contribution in [0.2, 0.25) is 0 Å². The van der Waals surface area contributed by atoms with Crippen LogP contribution in [0.4, 0.5) is 0 Å². The van der Waals surface area contributed by atoms with E-state index in [0.29, 0.717) is 5.75 Å². The van der Waals surface area contributed by atoms with Crippen LogP contribution in [0.5, 0.6) is 0 Å². The minimum absolute atomic E-state index is 0.0100. The Morgan fingerprint density at radius 3 is 2.64 bits per heavy atom. The Labute approximate surface area is 152 Å². The number of para-hydroxylation sites is 2. The molecule has 2 N–H and O–H groups in total. The van der Waals surface area contributed by atoms with Gasteiger partial charge in [-0.15, -0.1) is 11.8 Å². The van der Waals surface area contributed by atoms with Crippen LogP contribution in [-0.4, -0.2) is 21.6 Å². The number of aromatic amines is 1. The average Bonchev–Trinajstić information content (AvgIpc) is 3.04. The lowest BCUT2D eigenvalue weighted by Gasteiger charge is -2.17. The summed E-state index contributed by atoms with van der Waals surface area (Å²) in [6, 6.07) is 16.1. The molecule has 1 amide bonds. The zero-order chi connectivity index (χ0) is 17.8.